The predicted molar refractivity (Wildman–Crippen MR) is 65.4 cm³/mol. The van der Waals surface area contributed by atoms with Crippen LogP contribution in [0.5, 0.6) is 0 Å². The van der Waals surface area contributed by atoms with Gasteiger partial charge in [-0.05, 0) is 18.9 Å². The number of hydrogen-bond acceptors (Lipinski definition) is 3. The Labute approximate surface area is 94.0 Å². The molecule has 4 nitrogen and oxygen atoms in total. The highest BCUT2D eigenvalue weighted by atomic mass is 15.6. The lowest BCUT2D eigenvalue weighted by atomic mass is 10.2. The summed E-state index contributed by atoms with van der Waals surface area (Å²) < 4.78 is 0. The van der Waals surface area contributed by atoms with Crippen molar-refractivity contribution in [2.24, 2.45) is 4.99 Å². The van der Waals surface area contributed by atoms with Gasteiger partial charge in [-0.15, -0.1) is 0 Å². The molecule has 16 heavy (non-hydrogen) atoms. The van der Waals surface area contributed by atoms with Gasteiger partial charge in [0.2, 0.25) is 0 Å². The minimum atomic E-state index is 0.931. The zero-order chi connectivity index (χ0) is 11.0. The van der Waals surface area contributed by atoms with Gasteiger partial charge in [0, 0.05) is 18.4 Å². The molecule has 0 saturated heterocycles. The standard InChI is InChI=1S/C12H14N4/c1-9-4-2-5-10-8-14-16(12(9)10)15-11-6-3-7-13-11/h2,4-5,8H,3,6-7H2,1H3,(H,13,15). The van der Waals surface area contributed by atoms with Crippen molar-refractivity contribution in [2.75, 3.05) is 12.0 Å². The van der Waals surface area contributed by atoms with Crippen molar-refractivity contribution in [1.29, 1.82) is 0 Å². The Morgan fingerprint density at radius 3 is 3.12 bits per heavy atom. The average Bonchev–Trinajstić information content (AvgIpc) is 2.90. The van der Waals surface area contributed by atoms with Crippen LogP contribution in [0.3, 0.4) is 0 Å². The highest BCUT2D eigenvalue weighted by Crippen LogP contribution is 2.17. The van der Waals surface area contributed by atoms with Gasteiger partial charge in [-0.25, -0.2) is 0 Å². The smallest absolute Gasteiger partial charge is 0.117 e. The molecule has 0 bridgehead atoms. The molecule has 1 N–H and O–H groups in total. The third-order valence-corrected chi connectivity index (χ3v) is 2.90. The van der Waals surface area contributed by atoms with Gasteiger partial charge in [-0.1, -0.05) is 18.2 Å². The van der Waals surface area contributed by atoms with E-state index in [9.17, 15) is 0 Å². The third kappa shape index (κ3) is 1.46. The van der Waals surface area contributed by atoms with Gasteiger partial charge in [0.15, 0.2) is 0 Å². The van der Waals surface area contributed by atoms with Crippen LogP contribution >= 0.6 is 0 Å². The SMILES string of the molecule is Cc1cccc2cnn(NC3=NCCC3)c12. The Balaban J connectivity index is 2.03. The summed E-state index contributed by atoms with van der Waals surface area (Å²) in [4.78, 5) is 6.22. The van der Waals surface area contributed by atoms with Crippen molar-refractivity contribution in [3.8, 4) is 0 Å². The number of hydrogen-bond donors (Lipinski definition) is 1. The van der Waals surface area contributed by atoms with E-state index in [0.29, 0.717) is 0 Å². The minimum Gasteiger partial charge on any atom is -0.271 e. The fourth-order valence-electron chi connectivity index (χ4n) is 2.09. The number of amidine groups is 1. The molecule has 0 radical (unpaired) electrons. The van der Waals surface area contributed by atoms with Crippen molar-refractivity contribution in [3.63, 3.8) is 0 Å². The van der Waals surface area contributed by atoms with Crippen LogP contribution in [0.25, 0.3) is 10.9 Å². The van der Waals surface area contributed by atoms with E-state index in [1.807, 2.05) is 11.0 Å². The highest BCUT2D eigenvalue weighted by molar-refractivity contribution is 5.92. The monoisotopic (exact) mass is 214 g/mol. The minimum absolute atomic E-state index is 0.931. The largest absolute Gasteiger partial charge is 0.271 e. The number of para-hydroxylation sites is 1. The lowest BCUT2D eigenvalue weighted by Gasteiger charge is -2.08. The van der Waals surface area contributed by atoms with Gasteiger partial charge in [0.1, 0.15) is 5.84 Å². The molecule has 0 amide bonds. The number of fused-ring (bicyclic) bond motifs is 1. The summed E-state index contributed by atoms with van der Waals surface area (Å²) in [5.41, 5.74) is 5.62. The quantitative estimate of drug-likeness (QED) is 0.789. The van der Waals surface area contributed by atoms with E-state index in [0.717, 1.165) is 36.1 Å². The van der Waals surface area contributed by atoms with Crippen molar-refractivity contribution < 1.29 is 0 Å². The van der Waals surface area contributed by atoms with E-state index < -0.39 is 0 Å². The molecule has 2 aromatic rings. The van der Waals surface area contributed by atoms with E-state index >= 15 is 0 Å². The molecule has 0 aliphatic carbocycles. The van der Waals surface area contributed by atoms with Gasteiger partial charge in [0.25, 0.3) is 0 Å². The first kappa shape index (κ1) is 9.39. The molecule has 3 rings (SSSR count). The zero-order valence-corrected chi connectivity index (χ0v) is 9.27. The summed E-state index contributed by atoms with van der Waals surface area (Å²) >= 11 is 0. The maximum Gasteiger partial charge on any atom is 0.117 e. The maximum absolute atomic E-state index is 4.39. The number of aliphatic imine (C=N–C) groups is 1. The van der Waals surface area contributed by atoms with Crippen LogP contribution in [0.1, 0.15) is 18.4 Å². The predicted octanol–water partition coefficient (Wildman–Crippen LogP) is 2.08. The molecular weight excluding hydrogens is 200 g/mol. The van der Waals surface area contributed by atoms with Gasteiger partial charge in [0.05, 0.1) is 11.7 Å². The molecular formula is C12H14N4. The zero-order valence-electron chi connectivity index (χ0n) is 9.27. The van der Waals surface area contributed by atoms with Crippen molar-refractivity contribution in [3.05, 3.63) is 30.0 Å². The summed E-state index contributed by atoms with van der Waals surface area (Å²) in [6.45, 7) is 3.03. The average molecular weight is 214 g/mol. The lowest BCUT2D eigenvalue weighted by molar-refractivity contribution is 0.835. The van der Waals surface area contributed by atoms with Crippen molar-refractivity contribution >= 4 is 16.7 Å². The van der Waals surface area contributed by atoms with Crippen LogP contribution in [-0.4, -0.2) is 22.3 Å². The second-order valence-corrected chi connectivity index (χ2v) is 4.11. The molecule has 2 heterocycles. The lowest BCUT2D eigenvalue weighted by Crippen LogP contribution is -2.22. The van der Waals surface area contributed by atoms with Crippen LogP contribution in [-0.2, 0) is 0 Å². The van der Waals surface area contributed by atoms with E-state index in [4.69, 9.17) is 0 Å². The normalized spacial score (nSPS) is 15.4. The van der Waals surface area contributed by atoms with Gasteiger partial charge >= 0.3 is 0 Å². The van der Waals surface area contributed by atoms with Crippen LogP contribution in [0, 0.1) is 6.92 Å². The van der Waals surface area contributed by atoms with Crippen LogP contribution in [0.4, 0.5) is 0 Å². The second-order valence-electron chi connectivity index (χ2n) is 4.11. The summed E-state index contributed by atoms with van der Waals surface area (Å²) in [7, 11) is 0. The Kier molecular flexibility index (Phi) is 2.13. The molecule has 0 atom stereocenters. The van der Waals surface area contributed by atoms with Crippen molar-refractivity contribution in [2.45, 2.75) is 19.8 Å². The van der Waals surface area contributed by atoms with Gasteiger partial charge < -0.3 is 0 Å². The maximum atomic E-state index is 4.39. The third-order valence-electron chi connectivity index (χ3n) is 2.90. The summed E-state index contributed by atoms with van der Waals surface area (Å²) in [6, 6.07) is 6.22. The fraction of sp³-hybridized carbons (Fsp3) is 0.333. The molecule has 1 aromatic heterocycles. The van der Waals surface area contributed by atoms with E-state index in [1.54, 1.807) is 0 Å². The number of benzene rings is 1. The number of aryl methyl sites for hydroxylation is 1. The summed E-state index contributed by atoms with van der Waals surface area (Å²) in [5.74, 6) is 1.04. The van der Waals surface area contributed by atoms with Gasteiger partial charge in [-0.3, -0.25) is 10.4 Å². The van der Waals surface area contributed by atoms with Crippen molar-refractivity contribution in [1.82, 2.24) is 9.89 Å². The number of nitrogens with zero attached hydrogens (tertiary/aromatic N) is 3. The highest BCUT2D eigenvalue weighted by Gasteiger charge is 2.09. The second kappa shape index (κ2) is 3.63. The fourth-order valence-corrected chi connectivity index (χ4v) is 2.09. The first-order valence-corrected chi connectivity index (χ1v) is 5.58. The number of aromatic nitrogens is 2. The first-order chi connectivity index (χ1) is 7.84. The molecule has 4 heteroatoms. The van der Waals surface area contributed by atoms with Crippen LogP contribution in [0.15, 0.2) is 29.4 Å². The molecule has 1 aliphatic heterocycles. The van der Waals surface area contributed by atoms with E-state index in [2.05, 4.69) is 40.6 Å². The summed E-state index contributed by atoms with van der Waals surface area (Å²) in [5, 5.41) is 5.50. The van der Waals surface area contributed by atoms with Crippen LogP contribution < -0.4 is 5.43 Å². The topological polar surface area (TPSA) is 42.2 Å². The Hall–Kier alpha value is -1.84. The summed E-state index contributed by atoms with van der Waals surface area (Å²) in [6.07, 6.45) is 4.04. The van der Waals surface area contributed by atoms with E-state index in [-0.39, 0.29) is 0 Å². The van der Waals surface area contributed by atoms with E-state index in [1.165, 1.54) is 5.56 Å². The number of rotatable bonds is 1. The molecule has 1 aliphatic rings. The number of nitrogens with one attached hydrogen (secondary N) is 1. The molecule has 1 aromatic carbocycles. The Morgan fingerprint density at radius 1 is 1.38 bits per heavy atom. The van der Waals surface area contributed by atoms with Crippen LogP contribution in [0.2, 0.25) is 0 Å². The Bertz CT molecular complexity index is 553. The Morgan fingerprint density at radius 2 is 2.31 bits per heavy atom. The molecule has 0 fully saturated rings. The molecule has 0 unspecified atom stereocenters. The molecule has 0 saturated carbocycles. The first-order valence-electron chi connectivity index (χ1n) is 5.58. The van der Waals surface area contributed by atoms with Gasteiger partial charge in [-0.2, -0.15) is 9.89 Å². The molecule has 0 spiro atoms. The molecule has 82 valence electrons.